The molecule has 0 bridgehead atoms. The van der Waals surface area contributed by atoms with Crippen molar-refractivity contribution in [2.45, 2.75) is 39.7 Å². The fourth-order valence-electron chi connectivity index (χ4n) is 3.31. The molecule has 2 heterocycles. The van der Waals surface area contributed by atoms with Crippen LogP contribution in [0.3, 0.4) is 0 Å². The summed E-state index contributed by atoms with van der Waals surface area (Å²) in [6.45, 7) is 9.24. The average Bonchev–Trinajstić information content (AvgIpc) is 3.03. The van der Waals surface area contributed by atoms with Gasteiger partial charge in [-0.1, -0.05) is 27.6 Å². The number of hydrogen-bond donors (Lipinski definition) is 1. The van der Waals surface area contributed by atoms with Crippen LogP contribution >= 0.6 is 15.9 Å². The molecule has 1 aromatic carbocycles. The van der Waals surface area contributed by atoms with Gasteiger partial charge in [0.15, 0.2) is 0 Å². The quantitative estimate of drug-likeness (QED) is 0.726. The zero-order valence-electron chi connectivity index (χ0n) is 16.2. The number of piperidine rings is 1. The lowest BCUT2D eigenvalue weighted by Crippen LogP contribution is -2.44. The summed E-state index contributed by atoms with van der Waals surface area (Å²) in [4.78, 5) is 15.2. The normalized spacial score (nSPS) is 15.6. The number of carbonyl (C=O) groups excluding carboxylic acids is 1. The lowest BCUT2D eigenvalue weighted by Gasteiger charge is -2.31. The molecule has 1 N–H and O–H groups in total. The van der Waals surface area contributed by atoms with Gasteiger partial charge < -0.3 is 5.32 Å². The minimum Gasteiger partial charge on any atom is -0.349 e. The Morgan fingerprint density at radius 3 is 2.56 bits per heavy atom. The van der Waals surface area contributed by atoms with Crippen LogP contribution in [0.2, 0.25) is 0 Å². The third kappa shape index (κ3) is 5.08. The molecule has 0 spiro atoms. The highest BCUT2D eigenvalue weighted by atomic mass is 79.9. The summed E-state index contributed by atoms with van der Waals surface area (Å²) in [5, 5.41) is 7.60. The third-order valence-electron chi connectivity index (χ3n) is 5.01. The molecule has 5 nitrogen and oxygen atoms in total. The van der Waals surface area contributed by atoms with Crippen molar-refractivity contribution in [1.82, 2.24) is 20.0 Å². The summed E-state index contributed by atoms with van der Waals surface area (Å²) in [5.74, 6) is -0.0291. The Kier molecular flexibility index (Phi) is 6.50. The van der Waals surface area contributed by atoms with Crippen molar-refractivity contribution in [3.8, 4) is 5.69 Å². The molecule has 0 aliphatic carbocycles. The van der Waals surface area contributed by atoms with Gasteiger partial charge in [-0.2, -0.15) is 5.10 Å². The summed E-state index contributed by atoms with van der Waals surface area (Å²) >= 11 is 3.44. The van der Waals surface area contributed by atoms with Gasteiger partial charge >= 0.3 is 0 Å². The van der Waals surface area contributed by atoms with Crippen LogP contribution in [0.15, 0.2) is 46.6 Å². The molecular weight excluding hydrogens is 404 g/mol. The number of nitrogens with zero attached hydrogens (tertiary/aromatic N) is 3. The maximum absolute atomic E-state index is 12.7. The Morgan fingerprint density at radius 1 is 1.26 bits per heavy atom. The molecule has 6 heteroatoms. The van der Waals surface area contributed by atoms with Gasteiger partial charge in [0, 0.05) is 30.1 Å². The third-order valence-corrected chi connectivity index (χ3v) is 5.53. The number of rotatable bonds is 5. The first-order valence-corrected chi connectivity index (χ1v) is 10.2. The molecule has 0 atom stereocenters. The van der Waals surface area contributed by atoms with E-state index >= 15 is 0 Å². The van der Waals surface area contributed by atoms with E-state index in [-0.39, 0.29) is 11.9 Å². The second-order valence-corrected chi connectivity index (χ2v) is 8.28. The molecule has 0 radical (unpaired) electrons. The predicted octanol–water partition coefficient (Wildman–Crippen LogP) is 4.10. The zero-order chi connectivity index (χ0) is 19.4. The molecule has 144 valence electrons. The first-order chi connectivity index (χ1) is 12.9. The van der Waals surface area contributed by atoms with Crippen molar-refractivity contribution in [3.05, 3.63) is 57.8 Å². The fourth-order valence-corrected chi connectivity index (χ4v) is 3.57. The Hall–Kier alpha value is -1.92. The summed E-state index contributed by atoms with van der Waals surface area (Å²) in [6.07, 6.45) is 5.90. The lowest BCUT2D eigenvalue weighted by molar-refractivity contribution is 0.0913. The molecule has 1 aliphatic heterocycles. The number of carbonyl (C=O) groups is 1. The molecule has 1 aliphatic rings. The van der Waals surface area contributed by atoms with E-state index in [2.05, 4.69) is 51.2 Å². The minimum atomic E-state index is -0.0291. The predicted molar refractivity (Wildman–Crippen MR) is 112 cm³/mol. The van der Waals surface area contributed by atoms with Gasteiger partial charge in [-0.15, -0.1) is 0 Å². The molecule has 1 fully saturated rings. The van der Waals surface area contributed by atoms with Crippen molar-refractivity contribution in [3.63, 3.8) is 0 Å². The van der Waals surface area contributed by atoms with Crippen LogP contribution in [0.4, 0.5) is 0 Å². The maximum atomic E-state index is 12.7. The molecule has 1 saturated heterocycles. The fraction of sp³-hybridized carbons (Fsp3) is 0.429. The highest BCUT2D eigenvalue weighted by molar-refractivity contribution is 9.10. The molecule has 0 saturated carbocycles. The highest BCUT2D eigenvalue weighted by Gasteiger charge is 2.22. The summed E-state index contributed by atoms with van der Waals surface area (Å²) in [6, 6.07) is 8.14. The van der Waals surface area contributed by atoms with Gasteiger partial charge in [0.1, 0.15) is 0 Å². The van der Waals surface area contributed by atoms with Gasteiger partial charge in [0.25, 0.3) is 5.91 Å². The minimum absolute atomic E-state index is 0.0291. The summed E-state index contributed by atoms with van der Waals surface area (Å²) in [5.41, 5.74) is 3.80. The van der Waals surface area contributed by atoms with E-state index in [0.717, 1.165) is 48.3 Å². The number of aromatic nitrogens is 2. The largest absolute Gasteiger partial charge is 0.349 e. The molecule has 3 rings (SSSR count). The highest BCUT2D eigenvalue weighted by Crippen LogP contribution is 2.18. The van der Waals surface area contributed by atoms with Crippen molar-refractivity contribution in [1.29, 1.82) is 0 Å². The molecule has 1 aromatic heterocycles. The smallest absolute Gasteiger partial charge is 0.254 e. The van der Waals surface area contributed by atoms with Gasteiger partial charge in [0.2, 0.25) is 0 Å². The van der Waals surface area contributed by atoms with E-state index < -0.39 is 0 Å². The summed E-state index contributed by atoms with van der Waals surface area (Å²) in [7, 11) is 0. The van der Waals surface area contributed by atoms with Gasteiger partial charge in [-0.05, 0) is 57.9 Å². The average molecular weight is 431 g/mol. The van der Waals surface area contributed by atoms with Crippen LogP contribution in [-0.4, -0.2) is 46.3 Å². The van der Waals surface area contributed by atoms with Crippen LogP contribution in [0.25, 0.3) is 5.69 Å². The van der Waals surface area contributed by atoms with Gasteiger partial charge in [0.05, 0.1) is 23.1 Å². The number of nitrogens with one attached hydrogen (secondary N) is 1. The Morgan fingerprint density at radius 2 is 1.93 bits per heavy atom. The van der Waals surface area contributed by atoms with E-state index in [4.69, 9.17) is 0 Å². The van der Waals surface area contributed by atoms with Crippen LogP contribution in [0.1, 0.15) is 42.7 Å². The SMILES string of the molecule is CC(C)=CCN1CCC(NC(=O)c2cnn(-c3ccc(Br)cc3)c2C)CC1. The second kappa shape index (κ2) is 8.85. The van der Waals surface area contributed by atoms with Crippen molar-refractivity contribution >= 4 is 21.8 Å². The molecular formula is C21H27BrN4O. The molecule has 1 amide bonds. The van der Waals surface area contributed by atoms with E-state index in [9.17, 15) is 4.79 Å². The van der Waals surface area contributed by atoms with Gasteiger partial charge in [-0.3, -0.25) is 9.69 Å². The van der Waals surface area contributed by atoms with E-state index in [1.807, 2.05) is 35.9 Å². The van der Waals surface area contributed by atoms with E-state index in [1.54, 1.807) is 6.20 Å². The maximum Gasteiger partial charge on any atom is 0.254 e. The first-order valence-electron chi connectivity index (χ1n) is 9.41. The lowest BCUT2D eigenvalue weighted by atomic mass is 10.0. The van der Waals surface area contributed by atoms with Crippen LogP contribution in [0, 0.1) is 6.92 Å². The molecule has 0 unspecified atom stereocenters. The van der Waals surface area contributed by atoms with E-state index in [1.165, 1.54) is 5.57 Å². The Bertz CT molecular complexity index is 813. The van der Waals surface area contributed by atoms with Crippen molar-refractivity contribution in [2.75, 3.05) is 19.6 Å². The Balaban J connectivity index is 1.59. The topological polar surface area (TPSA) is 50.2 Å². The van der Waals surface area contributed by atoms with Crippen molar-refractivity contribution < 1.29 is 4.79 Å². The number of allylic oxidation sites excluding steroid dienone is 1. The van der Waals surface area contributed by atoms with Crippen LogP contribution in [0.5, 0.6) is 0 Å². The molecule has 2 aromatic rings. The second-order valence-electron chi connectivity index (χ2n) is 7.36. The van der Waals surface area contributed by atoms with E-state index in [0.29, 0.717) is 5.56 Å². The summed E-state index contributed by atoms with van der Waals surface area (Å²) < 4.78 is 2.83. The van der Waals surface area contributed by atoms with Crippen molar-refractivity contribution in [2.24, 2.45) is 0 Å². The number of hydrogen-bond acceptors (Lipinski definition) is 3. The van der Waals surface area contributed by atoms with Crippen LogP contribution < -0.4 is 5.32 Å². The number of amides is 1. The number of benzene rings is 1. The van der Waals surface area contributed by atoms with Crippen LogP contribution in [-0.2, 0) is 0 Å². The zero-order valence-corrected chi connectivity index (χ0v) is 17.8. The molecule has 27 heavy (non-hydrogen) atoms. The number of likely N-dealkylation sites (tertiary alicyclic amines) is 1. The monoisotopic (exact) mass is 430 g/mol. The Labute approximate surface area is 169 Å². The number of halogens is 1. The first kappa shape index (κ1) is 19.8. The van der Waals surface area contributed by atoms with Gasteiger partial charge in [-0.25, -0.2) is 4.68 Å². The standard InChI is InChI=1S/C21H27BrN4O/c1-15(2)8-11-25-12-9-18(10-13-25)24-21(27)20-14-23-26(16(20)3)19-6-4-17(22)5-7-19/h4-8,14,18H,9-13H2,1-3H3,(H,24,27).